The molecule has 0 saturated carbocycles. The lowest BCUT2D eigenvalue weighted by Crippen LogP contribution is -2.43. The second-order valence-corrected chi connectivity index (χ2v) is 26.2. The Morgan fingerprint density at radius 3 is 1.14 bits per heavy atom. The Labute approximate surface area is 277 Å². The fraction of sp³-hybridized carbons (Fsp3) is 0.351. The monoisotopic (exact) mass is 734 g/mol. The standard InChI is InChI=1S/C37H44Br2O2Si2/c1-35(2,3)42(7,8)40-29-17-11-25(12-18-29)37(26-13-19-30(20-14-26)41-43(9,10)36(4,5)6)33-23-27(38)15-21-31(33)32-22-16-28(39)24-34(32)37/h11-24H,1-10H3. The van der Waals surface area contributed by atoms with Gasteiger partial charge in [0.1, 0.15) is 11.5 Å². The summed E-state index contributed by atoms with van der Waals surface area (Å²) in [5.74, 6) is 1.87. The molecule has 1 aliphatic rings. The minimum atomic E-state index is -1.97. The quantitative estimate of drug-likeness (QED) is 0.162. The molecule has 0 aliphatic heterocycles. The molecule has 0 amide bonds. The largest absolute Gasteiger partial charge is 0.544 e. The molecule has 0 unspecified atom stereocenters. The maximum Gasteiger partial charge on any atom is 0.250 e. The molecule has 43 heavy (non-hydrogen) atoms. The van der Waals surface area contributed by atoms with E-state index >= 15 is 0 Å². The van der Waals surface area contributed by atoms with E-state index < -0.39 is 22.0 Å². The van der Waals surface area contributed by atoms with Crippen LogP contribution in [0.1, 0.15) is 63.8 Å². The summed E-state index contributed by atoms with van der Waals surface area (Å²) in [7, 11) is -3.94. The van der Waals surface area contributed by atoms with E-state index in [0.717, 1.165) is 20.4 Å². The van der Waals surface area contributed by atoms with Crippen molar-refractivity contribution < 1.29 is 8.85 Å². The molecule has 1 aliphatic carbocycles. The Kier molecular flexibility index (Phi) is 8.29. The van der Waals surface area contributed by atoms with Crippen LogP contribution in [0.5, 0.6) is 11.5 Å². The lowest BCUT2D eigenvalue weighted by molar-refractivity contribution is 0.491. The Hall–Kier alpha value is -2.13. The zero-order valence-electron chi connectivity index (χ0n) is 27.2. The van der Waals surface area contributed by atoms with Gasteiger partial charge in [0.15, 0.2) is 0 Å². The molecular formula is C37H44Br2O2Si2. The van der Waals surface area contributed by atoms with Crippen LogP contribution < -0.4 is 8.85 Å². The summed E-state index contributed by atoms with van der Waals surface area (Å²) in [5, 5.41) is 0.256. The van der Waals surface area contributed by atoms with Crippen LogP contribution in [0.2, 0.25) is 36.3 Å². The molecule has 0 fully saturated rings. The average Bonchev–Trinajstić information content (AvgIpc) is 3.17. The summed E-state index contributed by atoms with van der Waals surface area (Å²) in [4.78, 5) is 0. The molecule has 0 radical (unpaired) electrons. The zero-order chi connectivity index (χ0) is 31.6. The van der Waals surface area contributed by atoms with Gasteiger partial charge in [0.05, 0.1) is 5.41 Å². The van der Waals surface area contributed by atoms with E-state index in [0.29, 0.717) is 0 Å². The summed E-state index contributed by atoms with van der Waals surface area (Å²) >= 11 is 7.61. The van der Waals surface area contributed by atoms with Gasteiger partial charge in [-0.15, -0.1) is 0 Å². The van der Waals surface area contributed by atoms with Crippen LogP contribution in [0, 0.1) is 0 Å². The van der Waals surface area contributed by atoms with Gasteiger partial charge in [-0.2, -0.15) is 0 Å². The first-order chi connectivity index (χ1) is 19.9. The third-order valence-corrected chi connectivity index (χ3v) is 19.7. The molecule has 226 valence electrons. The number of hydrogen-bond donors (Lipinski definition) is 0. The summed E-state index contributed by atoms with van der Waals surface area (Å²) in [6.45, 7) is 22.9. The summed E-state index contributed by atoms with van der Waals surface area (Å²) in [5.41, 5.74) is 6.97. The first-order valence-corrected chi connectivity index (χ1v) is 22.5. The molecular weight excluding hydrogens is 692 g/mol. The second-order valence-electron chi connectivity index (χ2n) is 14.9. The van der Waals surface area contributed by atoms with Gasteiger partial charge in [-0.1, -0.05) is 110 Å². The fourth-order valence-electron chi connectivity index (χ4n) is 5.50. The molecule has 0 heterocycles. The van der Waals surface area contributed by atoms with Crippen LogP contribution >= 0.6 is 31.9 Å². The maximum absolute atomic E-state index is 6.70. The van der Waals surface area contributed by atoms with Gasteiger partial charge in [-0.25, -0.2) is 0 Å². The predicted octanol–water partition coefficient (Wildman–Crippen LogP) is 12.3. The normalized spacial score (nSPS) is 14.7. The lowest BCUT2D eigenvalue weighted by Gasteiger charge is -2.38. The van der Waals surface area contributed by atoms with Gasteiger partial charge in [-0.3, -0.25) is 0 Å². The smallest absolute Gasteiger partial charge is 0.250 e. The van der Waals surface area contributed by atoms with Crippen molar-refractivity contribution in [1.82, 2.24) is 0 Å². The topological polar surface area (TPSA) is 18.5 Å². The number of rotatable bonds is 6. The SMILES string of the molecule is CC(C)(C)[Si](C)(C)Oc1ccc(C2(c3ccc(O[Si](C)(C)C(C)(C)C)cc3)c3cc(Br)ccc3-c3ccc(Br)cc32)cc1. The van der Waals surface area contributed by atoms with Crippen molar-refractivity contribution in [2.75, 3.05) is 0 Å². The van der Waals surface area contributed by atoms with Crippen LogP contribution in [-0.2, 0) is 5.41 Å². The van der Waals surface area contributed by atoms with Crippen molar-refractivity contribution in [2.24, 2.45) is 0 Å². The summed E-state index contributed by atoms with van der Waals surface area (Å²) < 4.78 is 15.5. The number of benzene rings is 4. The highest BCUT2D eigenvalue weighted by Gasteiger charge is 2.47. The van der Waals surface area contributed by atoms with Crippen molar-refractivity contribution in [2.45, 2.75) is 83.2 Å². The van der Waals surface area contributed by atoms with Crippen LogP contribution in [0.3, 0.4) is 0 Å². The van der Waals surface area contributed by atoms with Gasteiger partial charge in [0.25, 0.3) is 0 Å². The first-order valence-electron chi connectivity index (χ1n) is 15.1. The Morgan fingerprint density at radius 1 is 0.512 bits per heavy atom. The molecule has 0 saturated heterocycles. The van der Waals surface area contributed by atoms with E-state index in [1.807, 2.05) is 0 Å². The molecule has 6 heteroatoms. The maximum atomic E-state index is 6.70. The second kappa shape index (κ2) is 11.0. The highest BCUT2D eigenvalue weighted by atomic mass is 79.9. The van der Waals surface area contributed by atoms with Gasteiger partial charge in [-0.05, 0) is 118 Å². The lowest BCUT2D eigenvalue weighted by atomic mass is 9.68. The van der Waals surface area contributed by atoms with Crippen LogP contribution in [0.25, 0.3) is 11.1 Å². The van der Waals surface area contributed by atoms with Crippen molar-refractivity contribution in [3.05, 3.63) is 116 Å². The van der Waals surface area contributed by atoms with Crippen LogP contribution in [-0.4, -0.2) is 16.6 Å². The molecule has 0 N–H and O–H groups in total. The van der Waals surface area contributed by atoms with E-state index in [1.165, 1.54) is 33.4 Å². The third-order valence-electron chi connectivity index (χ3n) is 9.99. The third kappa shape index (κ3) is 5.73. The highest BCUT2D eigenvalue weighted by Crippen LogP contribution is 2.57. The van der Waals surface area contributed by atoms with Gasteiger partial charge in [0.2, 0.25) is 16.6 Å². The molecule has 5 rings (SSSR count). The molecule has 0 aromatic heterocycles. The van der Waals surface area contributed by atoms with E-state index in [9.17, 15) is 0 Å². The fourth-order valence-corrected chi connectivity index (χ4v) is 8.28. The van der Waals surface area contributed by atoms with Crippen molar-refractivity contribution in [3.8, 4) is 22.6 Å². The number of fused-ring (bicyclic) bond motifs is 3. The van der Waals surface area contributed by atoms with Crippen molar-refractivity contribution in [1.29, 1.82) is 0 Å². The molecule has 0 bridgehead atoms. The Balaban J connectivity index is 1.71. The number of hydrogen-bond acceptors (Lipinski definition) is 2. The van der Waals surface area contributed by atoms with Crippen LogP contribution in [0.15, 0.2) is 93.9 Å². The molecule has 4 aromatic carbocycles. The average molecular weight is 737 g/mol. The van der Waals surface area contributed by atoms with E-state index in [2.05, 4.69) is 185 Å². The number of halogens is 2. The minimum Gasteiger partial charge on any atom is -0.544 e. The van der Waals surface area contributed by atoms with Gasteiger partial charge < -0.3 is 8.85 Å². The van der Waals surface area contributed by atoms with Crippen LogP contribution in [0.4, 0.5) is 0 Å². The van der Waals surface area contributed by atoms with Crippen molar-refractivity contribution >= 4 is 48.5 Å². The Morgan fingerprint density at radius 2 is 0.837 bits per heavy atom. The zero-order valence-corrected chi connectivity index (χ0v) is 32.3. The molecule has 2 nitrogen and oxygen atoms in total. The summed E-state index contributed by atoms with van der Waals surface area (Å²) in [6, 6.07) is 31.1. The Bertz CT molecular complexity index is 1520. The van der Waals surface area contributed by atoms with E-state index in [1.54, 1.807) is 0 Å². The minimum absolute atomic E-state index is 0.128. The highest BCUT2D eigenvalue weighted by molar-refractivity contribution is 9.10. The van der Waals surface area contributed by atoms with E-state index in [4.69, 9.17) is 8.85 Å². The molecule has 4 aromatic rings. The van der Waals surface area contributed by atoms with E-state index in [-0.39, 0.29) is 10.1 Å². The van der Waals surface area contributed by atoms with Gasteiger partial charge in [0, 0.05) is 8.95 Å². The summed E-state index contributed by atoms with van der Waals surface area (Å²) in [6.07, 6.45) is 0. The molecule has 0 atom stereocenters. The van der Waals surface area contributed by atoms with Crippen molar-refractivity contribution in [3.63, 3.8) is 0 Å². The first kappa shape index (κ1) is 32.3. The molecule has 0 spiro atoms. The van der Waals surface area contributed by atoms with Gasteiger partial charge >= 0.3 is 0 Å². The predicted molar refractivity (Wildman–Crippen MR) is 195 cm³/mol.